The molecule has 5 rings (SSSR count). The Hall–Kier alpha value is -4.85. The number of aromatic carboxylic acids is 1. The lowest BCUT2D eigenvalue weighted by atomic mass is 9.55. The Labute approximate surface area is 266 Å². The Morgan fingerprint density at radius 1 is 1.00 bits per heavy atom. The molecule has 3 aliphatic carbocycles. The predicted octanol–water partition coefficient (Wildman–Crippen LogP) is -0.835. The van der Waals surface area contributed by atoms with Gasteiger partial charge in [-0.1, -0.05) is 19.1 Å². The number of benzene rings is 2. The van der Waals surface area contributed by atoms with Crippen LogP contribution in [0.15, 0.2) is 64.0 Å². The Morgan fingerprint density at radius 3 is 2.11 bits per heavy atom. The molecule has 0 aliphatic heterocycles. The molecule has 3 aliphatic rings. The van der Waals surface area contributed by atoms with Crippen molar-refractivity contribution in [2.75, 3.05) is 14.1 Å². The third-order valence-corrected chi connectivity index (χ3v) is 9.34. The highest BCUT2D eigenvalue weighted by molar-refractivity contribution is 7.85. The minimum Gasteiger partial charge on any atom is -0.510 e. The van der Waals surface area contributed by atoms with Gasteiger partial charge in [-0.05, 0) is 49.8 Å². The number of hydrogen-bond donors (Lipinski definition) is 9. The molecule has 47 heavy (non-hydrogen) atoms. The average molecular weight is 681 g/mol. The number of hydrogen-bond acceptors (Lipinski definition) is 13. The number of phenols is 2. The Morgan fingerprint density at radius 2 is 1.60 bits per heavy atom. The molecule has 0 spiro atoms. The van der Waals surface area contributed by atoms with E-state index in [0.29, 0.717) is 11.6 Å². The zero-order chi connectivity index (χ0) is 34.8. The molecule has 6 atom stereocenters. The molecule has 18 heteroatoms. The predicted molar refractivity (Wildman–Crippen MR) is 158 cm³/mol. The third-order valence-electron chi connectivity index (χ3n) is 8.49. The van der Waals surface area contributed by atoms with Crippen LogP contribution >= 0.6 is 0 Å². The number of aromatic hydroxyl groups is 2. The number of aliphatic hydroxyl groups is 4. The zero-order valence-electron chi connectivity index (χ0n) is 24.8. The van der Waals surface area contributed by atoms with Gasteiger partial charge in [-0.3, -0.25) is 23.8 Å². The maximum atomic E-state index is 13.3. The van der Waals surface area contributed by atoms with E-state index < -0.39 is 108 Å². The first-order chi connectivity index (χ1) is 21.2. The van der Waals surface area contributed by atoms with Gasteiger partial charge in [0.25, 0.3) is 16.0 Å². The largest absolute Gasteiger partial charge is 0.510 e. The van der Waals surface area contributed by atoms with Crippen molar-refractivity contribution in [1.29, 1.82) is 0 Å². The highest BCUT2D eigenvalue weighted by Gasteiger charge is 2.67. The SMILES string of the molecule is C[C@H]1c2cccc(O)c2C(=O)C2=C(O)[C@]3(O)C(=O)C(C(N)=O)=C(O)[C@@H](N(C)C)[C@@H]3[C@@H](O)[C@@H]21.O.O=C(O)c1cc(S(=O)(=O)O)ccc1O. The van der Waals surface area contributed by atoms with Crippen molar-refractivity contribution < 1.29 is 73.4 Å². The fourth-order valence-corrected chi connectivity index (χ4v) is 6.94. The van der Waals surface area contributed by atoms with Crippen molar-refractivity contribution in [2.45, 2.75) is 35.5 Å². The van der Waals surface area contributed by atoms with Gasteiger partial charge < -0.3 is 47.0 Å². The Balaban J connectivity index is 0.000000338. The summed E-state index contributed by atoms with van der Waals surface area (Å²) in [5.41, 5.74) is 0.780. The lowest BCUT2D eigenvalue weighted by molar-refractivity contribution is -0.162. The fraction of sp³-hybridized carbons (Fsp3) is 0.310. The minimum absolute atomic E-state index is 0. The van der Waals surface area contributed by atoms with Crippen molar-refractivity contribution in [3.63, 3.8) is 0 Å². The molecule has 12 N–H and O–H groups in total. The maximum absolute atomic E-state index is 13.3. The molecule has 0 saturated carbocycles. The molecule has 2 aromatic rings. The van der Waals surface area contributed by atoms with Gasteiger partial charge in [-0.25, -0.2) is 4.79 Å². The first kappa shape index (κ1) is 36.6. The molecule has 0 unspecified atom stereocenters. The van der Waals surface area contributed by atoms with E-state index in [0.717, 1.165) is 12.1 Å². The lowest BCUT2D eigenvalue weighted by Gasteiger charge is -2.53. The Kier molecular flexibility index (Phi) is 9.66. The molecule has 0 radical (unpaired) electrons. The maximum Gasteiger partial charge on any atom is 0.339 e. The van der Waals surface area contributed by atoms with Crippen LogP contribution in [0, 0.1) is 11.8 Å². The second-order valence-electron chi connectivity index (χ2n) is 11.3. The highest BCUT2D eigenvalue weighted by Crippen LogP contribution is 2.55. The molecular formula is C29H32N2O15S. The van der Waals surface area contributed by atoms with Crippen LogP contribution in [0.3, 0.4) is 0 Å². The van der Waals surface area contributed by atoms with Crippen molar-refractivity contribution in [3.8, 4) is 11.5 Å². The normalized spacial score (nSPS) is 26.7. The summed E-state index contributed by atoms with van der Waals surface area (Å²) in [5.74, 6) is -10.9. The van der Waals surface area contributed by atoms with Crippen LogP contribution in [0.25, 0.3) is 0 Å². The number of amides is 1. The topological polar surface area (TPSA) is 325 Å². The van der Waals surface area contributed by atoms with Gasteiger partial charge in [-0.2, -0.15) is 8.42 Å². The first-order valence-corrected chi connectivity index (χ1v) is 14.8. The van der Waals surface area contributed by atoms with Crippen LogP contribution in [0.5, 0.6) is 11.5 Å². The number of phenolic OH excluding ortho intramolecular Hbond substituents is 1. The second-order valence-corrected chi connectivity index (χ2v) is 12.7. The van der Waals surface area contributed by atoms with Crippen molar-refractivity contribution in [1.82, 2.24) is 4.90 Å². The number of carbonyl (C=O) groups excluding carboxylic acids is 3. The van der Waals surface area contributed by atoms with Crippen LogP contribution < -0.4 is 5.73 Å². The number of Topliss-reactive ketones (excluding diaryl/α,β-unsaturated/α-hetero) is 2. The number of rotatable bonds is 4. The van der Waals surface area contributed by atoms with E-state index in [2.05, 4.69) is 0 Å². The van der Waals surface area contributed by atoms with Crippen LogP contribution in [0.1, 0.15) is 39.1 Å². The zero-order valence-corrected chi connectivity index (χ0v) is 25.6. The molecular weight excluding hydrogens is 648 g/mol. The number of primary amides is 1. The summed E-state index contributed by atoms with van der Waals surface area (Å²) in [6, 6.07) is 5.62. The number of likely N-dealkylation sites (N-methyl/N-ethyl adjacent to an activating group) is 1. The van der Waals surface area contributed by atoms with E-state index in [9.17, 15) is 53.1 Å². The fourth-order valence-electron chi connectivity index (χ4n) is 6.43. The number of fused-ring (bicyclic) bond motifs is 3. The minimum atomic E-state index is -4.45. The molecule has 254 valence electrons. The highest BCUT2D eigenvalue weighted by atomic mass is 32.2. The Bertz CT molecular complexity index is 1870. The van der Waals surface area contributed by atoms with Crippen LogP contribution in [0.4, 0.5) is 0 Å². The van der Waals surface area contributed by atoms with Crippen LogP contribution in [0.2, 0.25) is 0 Å². The van der Waals surface area contributed by atoms with Gasteiger partial charge in [0.2, 0.25) is 5.78 Å². The quantitative estimate of drug-likeness (QED) is 0.140. The molecule has 17 nitrogen and oxygen atoms in total. The standard InChI is InChI=1S/C22H24N2O8.C7H6O6S.H2O/c1-7-8-5-4-6-9(25)11(8)16(26)12-10(7)17(27)14-15(24(2)3)18(28)13(21(23)31)20(30)22(14,32)19(12)29;8-6-2-1-4(14(11,12)13)3-5(6)7(9)10;/h4-7,10,14-15,17,25,27-29,32H,1-3H3,(H2,23,31);1-3,8H,(H,9,10)(H,11,12,13);1H2/t7-,10+,14+,15-,17-,22-;;/m0../s1. The summed E-state index contributed by atoms with van der Waals surface area (Å²) in [4.78, 5) is 49.7. The average Bonchev–Trinajstić information content (AvgIpc) is 2.94. The molecule has 0 heterocycles. The van der Waals surface area contributed by atoms with Crippen molar-refractivity contribution in [3.05, 3.63) is 75.8 Å². The van der Waals surface area contributed by atoms with E-state index >= 15 is 0 Å². The van der Waals surface area contributed by atoms with Gasteiger partial charge in [0.15, 0.2) is 11.4 Å². The number of nitrogens with zero attached hydrogens (tertiary/aromatic N) is 1. The summed E-state index contributed by atoms with van der Waals surface area (Å²) in [5, 5.41) is 72.6. The summed E-state index contributed by atoms with van der Waals surface area (Å²) in [6.45, 7) is 1.68. The molecule has 0 saturated heterocycles. The van der Waals surface area contributed by atoms with Gasteiger partial charge >= 0.3 is 5.97 Å². The summed E-state index contributed by atoms with van der Waals surface area (Å²) < 4.78 is 29.8. The van der Waals surface area contributed by atoms with Crippen molar-refractivity contribution >= 4 is 33.6 Å². The smallest absolute Gasteiger partial charge is 0.339 e. The summed E-state index contributed by atoms with van der Waals surface area (Å²) >= 11 is 0. The number of nitrogens with two attached hydrogens (primary N) is 1. The summed E-state index contributed by atoms with van der Waals surface area (Å²) in [6.07, 6.45) is -1.59. The van der Waals surface area contributed by atoms with Crippen molar-refractivity contribution in [2.24, 2.45) is 17.6 Å². The van der Waals surface area contributed by atoms with E-state index in [4.69, 9.17) is 20.5 Å². The first-order valence-electron chi connectivity index (χ1n) is 13.4. The molecule has 0 fully saturated rings. The van der Waals surface area contributed by atoms with E-state index in [-0.39, 0.29) is 16.8 Å². The molecule has 0 bridgehead atoms. The number of carbonyl (C=O) groups is 4. The second kappa shape index (κ2) is 12.4. The van der Waals surface area contributed by atoms with Gasteiger partial charge in [0.05, 0.1) is 28.5 Å². The number of ketones is 2. The lowest BCUT2D eigenvalue weighted by Crippen LogP contribution is -2.68. The van der Waals surface area contributed by atoms with Crippen LogP contribution in [-0.4, -0.2) is 114 Å². The van der Waals surface area contributed by atoms with Gasteiger partial charge in [0.1, 0.15) is 34.2 Å². The third kappa shape index (κ3) is 5.60. The van der Waals surface area contributed by atoms with Gasteiger partial charge in [-0.15, -0.1) is 0 Å². The van der Waals surface area contributed by atoms with E-state index in [1.54, 1.807) is 19.1 Å². The number of carboxylic acids is 1. The number of aliphatic hydroxyl groups excluding tert-OH is 3. The molecule has 1 amide bonds. The van der Waals surface area contributed by atoms with Crippen LogP contribution in [-0.2, 0) is 19.7 Å². The summed E-state index contributed by atoms with van der Waals surface area (Å²) in [7, 11) is -1.47. The molecule has 0 aromatic heterocycles. The number of carboxylic acid groups (broad SMARTS) is 1. The van der Waals surface area contributed by atoms with E-state index in [1.165, 1.54) is 25.1 Å². The monoisotopic (exact) mass is 680 g/mol. The molecule has 2 aromatic carbocycles. The van der Waals surface area contributed by atoms with Gasteiger partial charge in [0, 0.05) is 11.5 Å². The van der Waals surface area contributed by atoms with E-state index in [1.807, 2.05) is 0 Å².